The number of nitrogens with two attached hydrogens (primary N) is 1. The van der Waals surface area contributed by atoms with Crippen molar-refractivity contribution in [2.75, 3.05) is 5.32 Å². The molecule has 0 aliphatic carbocycles. The first kappa shape index (κ1) is 20.2. The van der Waals surface area contributed by atoms with Crippen LogP contribution in [0.3, 0.4) is 0 Å². The lowest BCUT2D eigenvalue weighted by Gasteiger charge is -2.10. The second-order valence-corrected chi connectivity index (χ2v) is 7.60. The number of aryl methyl sites for hydroxylation is 1. The fraction of sp³-hybridized carbons (Fsp3) is 0.0400. The Morgan fingerprint density at radius 1 is 0.909 bits per heavy atom. The topological polar surface area (TPSA) is 108 Å². The van der Waals surface area contributed by atoms with Crippen LogP contribution in [0.15, 0.2) is 85.2 Å². The van der Waals surface area contributed by atoms with Gasteiger partial charge in [0, 0.05) is 16.9 Å². The number of aromatic nitrogens is 4. The van der Waals surface area contributed by atoms with Crippen molar-refractivity contribution >= 4 is 28.5 Å². The Bertz CT molecular complexity index is 1500. The van der Waals surface area contributed by atoms with Gasteiger partial charge in [-0.3, -0.25) is 14.2 Å². The van der Waals surface area contributed by atoms with E-state index >= 15 is 0 Å². The number of para-hydroxylation sites is 2. The summed E-state index contributed by atoms with van der Waals surface area (Å²) in [7, 11) is 0. The summed E-state index contributed by atoms with van der Waals surface area (Å²) < 4.78 is 3.49. The Morgan fingerprint density at radius 3 is 2.48 bits per heavy atom. The first-order chi connectivity index (χ1) is 16.0. The fourth-order valence-corrected chi connectivity index (χ4v) is 3.71. The quantitative estimate of drug-likeness (QED) is 0.436. The molecule has 2 amide bonds. The molecular formula is C25H20N6O2. The summed E-state index contributed by atoms with van der Waals surface area (Å²) in [4.78, 5) is 29.0. The van der Waals surface area contributed by atoms with Crippen molar-refractivity contribution in [1.82, 2.24) is 19.3 Å². The van der Waals surface area contributed by atoms with Crippen LogP contribution in [0.1, 0.15) is 26.5 Å². The van der Waals surface area contributed by atoms with Gasteiger partial charge in [-0.25, -0.2) is 9.67 Å². The molecule has 0 fully saturated rings. The normalized spacial score (nSPS) is 10.9. The number of nitrogens with zero attached hydrogens (tertiary/aromatic N) is 4. The van der Waals surface area contributed by atoms with E-state index in [4.69, 9.17) is 5.73 Å². The van der Waals surface area contributed by atoms with Crippen molar-refractivity contribution in [3.05, 3.63) is 102 Å². The second-order valence-electron chi connectivity index (χ2n) is 7.60. The van der Waals surface area contributed by atoms with Gasteiger partial charge in [0.25, 0.3) is 5.91 Å². The average molecular weight is 436 g/mol. The van der Waals surface area contributed by atoms with Gasteiger partial charge in [0.15, 0.2) is 0 Å². The summed E-state index contributed by atoms with van der Waals surface area (Å²) >= 11 is 0. The molecule has 0 bridgehead atoms. The molecule has 162 valence electrons. The van der Waals surface area contributed by atoms with Gasteiger partial charge in [-0.05, 0) is 67.6 Å². The second kappa shape index (κ2) is 8.08. The molecule has 2 aromatic heterocycles. The predicted molar refractivity (Wildman–Crippen MR) is 126 cm³/mol. The van der Waals surface area contributed by atoms with Crippen LogP contribution in [-0.2, 0) is 0 Å². The first-order valence-corrected chi connectivity index (χ1v) is 10.3. The van der Waals surface area contributed by atoms with E-state index in [1.165, 1.54) is 4.68 Å². The molecule has 5 rings (SSSR count). The summed E-state index contributed by atoms with van der Waals surface area (Å²) in [6.45, 7) is 1.80. The molecule has 0 aliphatic rings. The van der Waals surface area contributed by atoms with Crippen LogP contribution in [0.4, 0.5) is 5.69 Å². The van der Waals surface area contributed by atoms with Crippen LogP contribution in [-0.4, -0.2) is 31.1 Å². The van der Waals surface area contributed by atoms with E-state index in [1.807, 2.05) is 53.1 Å². The summed E-state index contributed by atoms with van der Waals surface area (Å²) in [5.74, 6) is -0.863. The van der Waals surface area contributed by atoms with E-state index in [2.05, 4.69) is 15.4 Å². The molecule has 0 saturated carbocycles. The van der Waals surface area contributed by atoms with Crippen LogP contribution >= 0.6 is 0 Å². The van der Waals surface area contributed by atoms with Crippen molar-refractivity contribution in [3.63, 3.8) is 0 Å². The van der Waals surface area contributed by atoms with E-state index in [0.717, 1.165) is 16.7 Å². The van der Waals surface area contributed by atoms with E-state index in [0.29, 0.717) is 28.3 Å². The molecule has 0 radical (unpaired) electrons. The zero-order chi connectivity index (χ0) is 22.9. The van der Waals surface area contributed by atoms with E-state index in [1.54, 1.807) is 43.6 Å². The third-order valence-corrected chi connectivity index (χ3v) is 5.30. The first-order valence-electron chi connectivity index (χ1n) is 10.3. The molecule has 0 atom stereocenters. The average Bonchev–Trinajstić information content (AvgIpc) is 3.43. The molecule has 0 spiro atoms. The maximum absolute atomic E-state index is 13.0. The Labute approximate surface area is 189 Å². The molecule has 3 N–H and O–H groups in total. The lowest BCUT2D eigenvalue weighted by Crippen LogP contribution is -2.17. The molecule has 0 saturated heterocycles. The summed E-state index contributed by atoms with van der Waals surface area (Å²) in [5.41, 5.74) is 10.8. The fourth-order valence-electron chi connectivity index (χ4n) is 3.71. The van der Waals surface area contributed by atoms with Crippen molar-refractivity contribution < 1.29 is 9.59 Å². The summed E-state index contributed by atoms with van der Waals surface area (Å²) in [5, 5.41) is 7.33. The molecule has 33 heavy (non-hydrogen) atoms. The monoisotopic (exact) mass is 436 g/mol. The molecule has 0 unspecified atom stereocenters. The van der Waals surface area contributed by atoms with Crippen molar-refractivity contribution in [3.8, 4) is 11.4 Å². The number of hydrogen-bond acceptors (Lipinski definition) is 4. The lowest BCUT2D eigenvalue weighted by molar-refractivity contribution is 0.0997. The number of hydrogen-bond donors (Lipinski definition) is 2. The number of amides is 2. The highest BCUT2D eigenvalue weighted by Crippen LogP contribution is 2.21. The minimum atomic E-state index is -0.544. The number of nitrogens with one attached hydrogen (secondary N) is 1. The minimum absolute atomic E-state index is 0.319. The van der Waals surface area contributed by atoms with Crippen LogP contribution in [0.2, 0.25) is 0 Å². The van der Waals surface area contributed by atoms with Gasteiger partial charge in [0.2, 0.25) is 5.91 Å². The van der Waals surface area contributed by atoms with Gasteiger partial charge in [-0.2, -0.15) is 5.10 Å². The smallest absolute Gasteiger partial charge is 0.274 e. The molecule has 2 heterocycles. The van der Waals surface area contributed by atoms with E-state index < -0.39 is 5.91 Å². The SMILES string of the molecule is Cc1cc(C(=O)Nc2ccc(-n3cnc4ccccc43)cc2)n(-c2cccc(C(N)=O)c2)n1. The number of benzene rings is 3. The van der Waals surface area contributed by atoms with Gasteiger partial charge < -0.3 is 11.1 Å². The number of fused-ring (bicyclic) bond motifs is 1. The van der Waals surface area contributed by atoms with Gasteiger partial charge in [-0.15, -0.1) is 0 Å². The number of rotatable bonds is 5. The standard InChI is InChI=1S/C25H20N6O2/c1-16-13-23(31(29-16)20-6-4-5-17(14-20)24(26)32)25(33)28-18-9-11-19(12-10-18)30-15-27-21-7-2-3-8-22(21)30/h2-15H,1H3,(H2,26,32)(H,28,33). The van der Waals surface area contributed by atoms with Crippen LogP contribution in [0.25, 0.3) is 22.4 Å². The lowest BCUT2D eigenvalue weighted by atomic mass is 10.2. The Morgan fingerprint density at radius 2 is 1.70 bits per heavy atom. The van der Waals surface area contributed by atoms with Crippen molar-refractivity contribution in [1.29, 1.82) is 0 Å². The highest BCUT2D eigenvalue weighted by molar-refractivity contribution is 6.03. The highest BCUT2D eigenvalue weighted by Gasteiger charge is 2.17. The molecule has 3 aromatic carbocycles. The molecule has 8 heteroatoms. The van der Waals surface area contributed by atoms with Gasteiger partial charge in [-0.1, -0.05) is 18.2 Å². The van der Waals surface area contributed by atoms with Crippen LogP contribution < -0.4 is 11.1 Å². The minimum Gasteiger partial charge on any atom is -0.366 e. The Balaban J connectivity index is 1.41. The maximum atomic E-state index is 13.0. The van der Waals surface area contributed by atoms with Gasteiger partial charge >= 0.3 is 0 Å². The number of anilines is 1. The van der Waals surface area contributed by atoms with Gasteiger partial charge in [0.05, 0.1) is 22.4 Å². The Hall–Kier alpha value is -4.72. The summed E-state index contributed by atoms with van der Waals surface area (Å²) in [6, 6.07) is 23.8. The molecular weight excluding hydrogens is 416 g/mol. The molecule has 0 aliphatic heterocycles. The largest absolute Gasteiger partial charge is 0.366 e. The number of carbonyl (C=O) groups is 2. The maximum Gasteiger partial charge on any atom is 0.274 e. The van der Waals surface area contributed by atoms with E-state index in [9.17, 15) is 9.59 Å². The van der Waals surface area contributed by atoms with Crippen LogP contribution in [0.5, 0.6) is 0 Å². The molecule has 8 nitrogen and oxygen atoms in total. The summed E-state index contributed by atoms with van der Waals surface area (Å²) in [6.07, 6.45) is 1.78. The predicted octanol–water partition coefficient (Wildman–Crippen LogP) is 3.87. The zero-order valence-corrected chi connectivity index (χ0v) is 17.8. The number of imidazole rings is 1. The zero-order valence-electron chi connectivity index (χ0n) is 17.8. The number of carbonyl (C=O) groups excluding carboxylic acids is 2. The van der Waals surface area contributed by atoms with Crippen molar-refractivity contribution in [2.45, 2.75) is 6.92 Å². The van der Waals surface area contributed by atoms with Gasteiger partial charge in [0.1, 0.15) is 12.0 Å². The van der Waals surface area contributed by atoms with E-state index in [-0.39, 0.29) is 5.91 Å². The third-order valence-electron chi connectivity index (χ3n) is 5.30. The number of primary amides is 1. The van der Waals surface area contributed by atoms with Crippen LogP contribution in [0, 0.1) is 6.92 Å². The van der Waals surface area contributed by atoms with Crippen molar-refractivity contribution in [2.24, 2.45) is 5.73 Å². The Kier molecular flexibility index (Phi) is 4.95. The third kappa shape index (κ3) is 3.85. The highest BCUT2D eigenvalue weighted by atomic mass is 16.2. The molecule has 5 aromatic rings.